The molecular weight excluding hydrogens is 434 g/mol. The number of hydrogen-bond donors (Lipinski definition) is 0. The molecule has 0 atom stereocenters. The number of nitrogens with zero attached hydrogens (tertiary/aromatic N) is 1. The van der Waals surface area contributed by atoms with Crippen LogP contribution in [0.1, 0.15) is 25.0 Å². The van der Waals surface area contributed by atoms with Crippen LogP contribution in [0.3, 0.4) is 0 Å². The number of esters is 1. The first-order valence-electron chi connectivity index (χ1n) is 9.22. The molecule has 3 rings (SSSR count). The number of anilines is 1. The number of rotatable bonds is 5. The van der Waals surface area contributed by atoms with Gasteiger partial charge in [-0.1, -0.05) is 33.6 Å². The fraction of sp³-hybridized carbons (Fsp3) is 0.217. The Kier molecular flexibility index (Phi) is 6.23. The Morgan fingerprint density at radius 2 is 1.83 bits per heavy atom. The largest absolute Gasteiger partial charge is 0.496 e. The Morgan fingerprint density at radius 1 is 1.14 bits per heavy atom. The third-order valence-corrected chi connectivity index (χ3v) is 5.16. The van der Waals surface area contributed by atoms with Gasteiger partial charge in [0.2, 0.25) is 0 Å². The van der Waals surface area contributed by atoms with Gasteiger partial charge in [0.05, 0.1) is 24.9 Å². The average Bonchev–Trinajstić information content (AvgIpc) is 2.93. The van der Waals surface area contributed by atoms with Gasteiger partial charge in [-0.3, -0.25) is 9.69 Å². The van der Waals surface area contributed by atoms with E-state index >= 15 is 0 Å². The van der Waals surface area contributed by atoms with Crippen LogP contribution in [-0.4, -0.2) is 25.6 Å². The van der Waals surface area contributed by atoms with Gasteiger partial charge < -0.3 is 9.47 Å². The number of amides is 1. The molecule has 0 saturated carbocycles. The van der Waals surface area contributed by atoms with Gasteiger partial charge in [-0.05, 0) is 57.2 Å². The van der Waals surface area contributed by atoms with Gasteiger partial charge >= 0.3 is 5.97 Å². The highest BCUT2D eigenvalue weighted by Gasteiger charge is 2.38. The highest BCUT2D eigenvalue weighted by atomic mass is 79.9. The molecule has 1 aliphatic rings. The van der Waals surface area contributed by atoms with Crippen molar-refractivity contribution < 1.29 is 19.1 Å². The number of halogens is 1. The Morgan fingerprint density at radius 3 is 2.45 bits per heavy atom. The molecule has 0 N–H and O–H groups in total. The van der Waals surface area contributed by atoms with Crippen LogP contribution in [-0.2, 0) is 14.3 Å². The zero-order valence-electron chi connectivity index (χ0n) is 16.8. The topological polar surface area (TPSA) is 55.8 Å². The molecule has 2 aromatic rings. The van der Waals surface area contributed by atoms with Gasteiger partial charge in [-0.15, -0.1) is 0 Å². The van der Waals surface area contributed by atoms with E-state index in [9.17, 15) is 9.59 Å². The molecule has 0 spiro atoms. The van der Waals surface area contributed by atoms with E-state index in [4.69, 9.17) is 9.47 Å². The van der Waals surface area contributed by atoms with Crippen LogP contribution in [0.4, 0.5) is 5.69 Å². The van der Waals surface area contributed by atoms with Crippen molar-refractivity contribution in [1.82, 2.24) is 0 Å². The normalized spacial score (nSPS) is 15.3. The number of benzene rings is 2. The van der Waals surface area contributed by atoms with Crippen molar-refractivity contribution in [2.45, 2.75) is 20.8 Å². The van der Waals surface area contributed by atoms with E-state index in [1.165, 1.54) is 0 Å². The molecule has 6 heteroatoms. The van der Waals surface area contributed by atoms with Crippen LogP contribution in [0.2, 0.25) is 0 Å². The van der Waals surface area contributed by atoms with Crippen molar-refractivity contribution in [2.75, 3.05) is 18.6 Å². The Balaban J connectivity index is 2.17. The molecular formula is C23H22BrNO4. The molecule has 0 radical (unpaired) electrons. The molecule has 150 valence electrons. The monoisotopic (exact) mass is 455 g/mol. The maximum absolute atomic E-state index is 13.4. The van der Waals surface area contributed by atoms with Crippen LogP contribution >= 0.6 is 15.9 Å². The molecule has 0 saturated heterocycles. The van der Waals surface area contributed by atoms with Crippen molar-refractivity contribution in [2.24, 2.45) is 0 Å². The lowest BCUT2D eigenvalue weighted by molar-refractivity contribution is -0.138. The summed E-state index contributed by atoms with van der Waals surface area (Å²) >= 11 is 3.44. The first kappa shape index (κ1) is 20.9. The van der Waals surface area contributed by atoms with Crippen molar-refractivity contribution in [3.05, 3.63) is 74.9 Å². The molecule has 0 fully saturated rings. The summed E-state index contributed by atoms with van der Waals surface area (Å²) in [6.45, 7) is 5.70. The lowest BCUT2D eigenvalue weighted by atomic mass is 10.0. The van der Waals surface area contributed by atoms with Gasteiger partial charge in [-0.25, -0.2) is 4.79 Å². The van der Waals surface area contributed by atoms with Crippen LogP contribution in [0, 0.1) is 6.92 Å². The van der Waals surface area contributed by atoms with E-state index in [2.05, 4.69) is 15.9 Å². The molecule has 5 nitrogen and oxygen atoms in total. The molecule has 1 amide bonds. The number of hydrogen-bond acceptors (Lipinski definition) is 4. The minimum absolute atomic E-state index is 0.224. The van der Waals surface area contributed by atoms with E-state index in [1.54, 1.807) is 38.0 Å². The molecule has 0 aromatic heterocycles. The summed E-state index contributed by atoms with van der Waals surface area (Å²) in [5.41, 5.74) is 3.55. The molecule has 0 aliphatic carbocycles. The van der Waals surface area contributed by atoms with E-state index in [-0.39, 0.29) is 23.7 Å². The minimum Gasteiger partial charge on any atom is -0.496 e. The number of methoxy groups -OCH3 is 1. The fourth-order valence-electron chi connectivity index (χ4n) is 3.26. The van der Waals surface area contributed by atoms with E-state index in [0.29, 0.717) is 22.7 Å². The number of carbonyl (C=O) groups is 2. The third kappa shape index (κ3) is 4.12. The SMILES string of the molecule is CCOC(=O)C1=C(C)N(c2ccc(C)cc2)C(=O)C1=Cc1cc(Br)ccc1OC. The molecule has 0 unspecified atom stereocenters. The number of ether oxygens (including phenoxy) is 2. The standard InChI is InChI=1S/C23H22BrNO4/c1-5-29-23(27)21-15(3)25(18-9-6-14(2)7-10-18)22(26)19(21)13-16-12-17(24)8-11-20(16)28-4/h6-13H,5H2,1-4H3. The van der Waals surface area contributed by atoms with Gasteiger partial charge in [0, 0.05) is 21.4 Å². The van der Waals surface area contributed by atoms with E-state index in [1.807, 2.05) is 43.3 Å². The first-order chi connectivity index (χ1) is 13.9. The zero-order chi connectivity index (χ0) is 21.1. The minimum atomic E-state index is -0.520. The van der Waals surface area contributed by atoms with Crippen LogP contribution in [0.5, 0.6) is 5.75 Å². The second-order valence-electron chi connectivity index (χ2n) is 6.60. The number of allylic oxidation sites excluding steroid dienone is 1. The third-order valence-electron chi connectivity index (χ3n) is 4.66. The van der Waals surface area contributed by atoms with Crippen LogP contribution < -0.4 is 9.64 Å². The van der Waals surface area contributed by atoms with E-state index < -0.39 is 5.97 Å². The summed E-state index contributed by atoms with van der Waals surface area (Å²) in [6.07, 6.45) is 1.68. The van der Waals surface area contributed by atoms with Crippen LogP contribution in [0.25, 0.3) is 6.08 Å². The fourth-order valence-corrected chi connectivity index (χ4v) is 3.64. The molecule has 29 heavy (non-hydrogen) atoms. The summed E-state index contributed by atoms with van der Waals surface area (Å²) in [5, 5.41) is 0. The quantitative estimate of drug-likeness (QED) is 0.468. The van der Waals surface area contributed by atoms with Gasteiger partial charge in [-0.2, -0.15) is 0 Å². The molecule has 1 aliphatic heterocycles. The summed E-state index contributed by atoms with van der Waals surface area (Å²) in [4.78, 5) is 27.6. The summed E-state index contributed by atoms with van der Waals surface area (Å²) < 4.78 is 11.5. The second kappa shape index (κ2) is 8.66. The summed E-state index contributed by atoms with van der Waals surface area (Å²) in [5.74, 6) is -0.201. The van der Waals surface area contributed by atoms with Crippen molar-refractivity contribution in [1.29, 1.82) is 0 Å². The predicted molar refractivity (Wildman–Crippen MR) is 117 cm³/mol. The van der Waals surface area contributed by atoms with Crippen molar-refractivity contribution in [3.8, 4) is 5.75 Å². The Bertz CT molecular complexity index is 1020. The molecule has 1 heterocycles. The molecule has 2 aromatic carbocycles. The highest BCUT2D eigenvalue weighted by Crippen LogP contribution is 2.37. The van der Waals surface area contributed by atoms with Gasteiger partial charge in [0.1, 0.15) is 5.75 Å². The molecule has 0 bridgehead atoms. The maximum Gasteiger partial charge on any atom is 0.340 e. The van der Waals surface area contributed by atoms with Gasteiger partial charge in [0.15, 0.2) is 0 Å². The zero-order valence-corrected chi connectivity index (χ0v) is 18.4. The lowest BCUT2D eigenvalue weighted by Gasteiger charge is -2.18. The number of carbonyl (C=O) groups excluding carboxylic acids is 2. The summed E-state index contributed by atoms with van der Waals surface area (Å²) in [6, 6.07) is 13.1. The lowest BCUT2D eigenvalue weighted by Crippen LogP contribution is -2.24. The Labute approximate surface area is 178 Å². The smallest absolute Gasteiger partial charge is 0.340 e. The van der Waals surface area contributed by atoms with Crippen molar-refractivity contribution in [3.63, 3.8) is 0 Å². The van der Waals surface area contributed by atoms with E-state index in [0.717, 1.165) is 10.0 Å². The maximum atomic E-state index is 13.4. The second-order valence-corrected chi connectivity index (χ2v) is 7.52. The van der Waals surface area contributed by atoms with Crippen molar-refractivity contribution >= 4 is 39.6 Å². The van der Waals surface area contributed by atoms with Gasteiger partial charge in [0.25, 0.3) is 5.91 Å². The Hall–Kier alpha value is -2.86. The predicted octanol–water partition coefficient (Wildman–Crippen LogP) is 5.03. The van der Waals surface area contributed by atoms with Crippen LogP contribution in [0.15, 0.2) is 63.8 Å². The first-order valence-corrected chi connectivity index (χ1v) is 10.0. The summed E-state index contributed by atoms with van der Waals surface area (Å²) in [7, 11) is 1.56. The average molecular weight is 456 g/mol. The number of aryl methyl sites for hydroxylation is 1. The highest BCUT2D eigenvalue weighted by molar-refractivity contribution is 9.10.